The lowest BCUT2D eigenvalue weighted by Crippen LogP contribution is -2.36. The summed E-state index contributed by atoms with van der Waals surface area (Å²) in [5.41, 5.74) is 1.35. The van der Waals surface area contributed by atoms with Gasteiger partial charge in [-0.05, 0) is 23.6 Å². The molecule has 1 aliphatic heterocycles. The Morgan fingerprint density at radius 3 is 2.93 bits per heavy atom. The lowest BCUT2D eigenvalue weighted by atomic mass is 10.2. The summed E-state index contributed by atoms with van der Waals surface area (Å²) >= 11 is 3.08. The van der Waals surface area contributed by atoms with E-state index in [9.17, 15) is 14.4 Å². The normalized spacial score (nSPS) is 13.3. The molecule has 0 saturated carbocycles. The van der Waals surface area contributed by atoms with Crippen LogP contribution in [0.3, 0.4) is 0 Å². The average Bonchev–Trinajstić information content (AvgIpc) is 3.20. The number of aromatic amines is 1. The number of carbonyl (C=O) groups is 2. The number of nitrogens with one attached hydrogen (secondary N) is 1. The van der Waals surface area contributed by atoms with E-state index >= 15 is 0 Å². The van der Waals surface area contributed by atoms with Gasteiger partial charge in [0.2, 0.25) is 11.8 Å². The molecule has 0 bridgehead atoms. The fraction of sp³-hybridized carbons (Fsp3) is 0.300. The molecule has 7 nitrogen and oxygen atoms in total. The van der Waals surface area contributed by atoms with Crippen molar-refractivity contribution in [2.45, 2.75) is 24.3 Å². The molecule has 1 aliphatic rings. The number of carbonyl (C=O) groups excluding carboxylic acids is 2. The van der Waals surface area contributed by atoms with Crippen LogP contribution < -0.4 is 10.5 Å². The van der Waals surface area contributed by atoms with Crippen LogP contribution in [-0.2, 0) is 16.1 Å². The predicted octanol–water partition coefficient (Wildman–Crippen LogP) is 2.86. The number of para-hydroxylation sites is 1. The highest BCUT2D eigenvalue weighted by atomic mass is 32.2. The summed E-state index contributed by atoms with van der Waals surface area (Å²) in [6.07, 6.45) is 0.266. The molecule has 0 fully saturated rings. The smallest absolute Gasteiger partial charge is 0.268 e. The molecule has 3 aromatic rings. The maximum absolute atomic E-state index is 12.7. The van der Waals surface area contributed by atoms with E-state index in [-0.39, 0.29) is 36.8 Å². The van der Waals surface area contributed by atoms with E-state index in [0.29, 0.717) is 22.6 Å². The third-order valence-corrected chi connectivity index (χ3v) is 6.70. The van der Waals surface area contributed by atoms with Crippen molar-refractivity contribution < 1.29 is 9.59 Å². The SMILES string of the molecule is CN(Cc1nc2ccsc2c(=O)[nH]1)C(=O)CCC(=O)N1CCSc2ccccc21. The zero-order valence-corrected chi connectivity index (χ0v) is 17.5. The molecule has 29 heavy (non-hydrogen) atoms. The largest absolute Gasteiger partial charge is 0.338 e. The number of aromatic nitrogens is 2. The summed E-state index contributed by atoms with van der Waals surface area (Å²) in [4.78, 5) is 48.7. The van der Waals surface area contributed by atoms with Crippen LogP contribution in [0.25, 0.3) is 10.2 Å². The number of hydrogen-bond donors (Lipinski definition) is 1. The van der Waals surface area contributed by atoms with Crippen molar-refractivity contribution in [3.63, 3.8) is 0 Å². The Bertz CT molecular complexity index is 1120. The molecule has 0 spiro atoms. The van der Waals surface area contributed by atoms with Crippen molar-refractivity contribution in [1.29, 1.82) is 0 Å². The van der Waals surface area contributed by atoms with E-state index in [0.717, 1.165) is 16.3 Å². The van der Waals surface area contributed by atoms with Gasteiger partial charge in [-0.2, -0.15) is 0 Å². The second-order valence-electron chi connectivity index (χ2n) is 6.76. The van der Waals surface area contributed by atoms with Crippen LogP contribution in [0, 0.1) is 0 Å². The first-order chi connectivity index (χ1) is 14.0. The van der Waals surface area contributed by atoms with Crippen LogP contribution in [0.5, 0.6) is 0 Å². The minimum absolute atomic E-state index is 0.0503. The number of nitrogens with zero attached hydrogens (tertiary/aromatic N) is 3. The van der Waals surface area contributed by atoms with Gasteiger partial charge in [0, 0.05) is 37.1 Å². The Hall–Kier alpha value is -2.65. The maximum atomic E-state index is 12.7. The van der Waals surface area contributed by atoms with Gasteiger partial charge in [0.05, 0.1) is 17.7 Å². The van der Waals surface area contributed by atoms with Crippen molar-refractivity contribution in [1.82, 2.24) is 14.9 Å². The molecule has 4 rings (SSSR count). The third-order valence-electron chi connectivity index (χ3n) is 4.76. The Balaban J connectivity index is 1.36. The molecule has 1 aromatic carbocycles. The molecule has 3 heterocycles. The standard InChI is InChI=1S/C20H20N4O3S2/c1-23(12-16-21-13-8-10-29-19(13)20(27)22-16)17(25)6-7-18(26)24-9-11-28-15-5-3-2-4-14(15)24/h2-5,8,10H,6-7,9,11-12H2,1H3,(H,21,22,27). The highest BCUT2D eigenvalue weighted by molar-refractivity contribution is 7.99. The van der Waals surface area contributed by atoms with Crippen LogP contribution in [0.1, 0.15) is 18.7 Å². The first-order valence-electron chi connectivity index (χ1n) is 9.25. The fourth-order valence-corrected chi connectivity index (χ4v) is 5.00. The van der Waals surface area contributed by atoms with Gasteiger partial charge in [-0.3, -0.25) is 14.4 Å². The fourth-order valence-electron chi connectivity index (χ4n) is 3.28. The summed E-state index contributed by atoms with van der Waals surface area (Å²) in [5.74, 6) is 1.07. The Labute approximate surface area is 175 Å². The first kappa shape index (κ1) is 19.7. The molecule has 0 saturated heterocycles. The van der Waals surface area contributed by atoms with Gasteiger partial charge in [0.15, 0.2) is 0 Å². The summed E-state index contributed by atoms with van der Waals surface area (Å²) in [5, 5.41) is 1.81. The molecular weight excluding hydrogens is 408 g/mol. The van der Waals surface area contributed by atoms with Crippen molar-refractivity contribution in [2.75, 3.05) is 24.2 Å². The number of amides is 2. The number of thioether (sulfide) groups is 1. The number of benzene rings is 1. The number of anilines is 1. The summed E-state index contributed by atoms with van der Waals surface area (Å²) < 4.78 is 0.577. The van der Waals surface area contributed by atoms with Crippen LogP contribution in [0.15, 0.2) is 45.4 Å². The first-order valence-corrected chi connectivity index (χ1v) is 11.1. The van der Waals surface area contributed by atoms with Crippen molar-refractivity contribution in [3.05, 3.63) is 51.9 Å². The topological polar surface area (TPSA) is 86.4 Å². The van der Waals surface area contributed by atoms with E-state index in [1.54, 1.807) is 29.8 Å². The molecule has 9 heteroatoms. The minimum Gasteiger partial charge on any atom is -0.338 e. The zero-order valence-electron chi connectivity index (χ0n) is 15.9. The molecule has 0 unspecified atom stereocenters. The highest BCUT2D eigenvalue weighted by Gasteiger charge is 2.23. The van der Waals surface area contributed by atoms with Crippen LogP contribution in [0.4, 0.5) is 5.69 Å². The van der Waals surface area contributed by atoms with Gasteiger partial charge in [-0.25, -0.2) is 4.98 Å². The Kier molecular flexibility index (Phi) is 5.68. The van der Waals surface area contributed by atoms with E-state index < -0.39 is 0 Å². The van der Waals surface area contributed by atoms with Gasteiger partial charge < -0.3 is 14.8 Å². The third kappa shape index (κ3) is 4.20. The summed E-state index contributed by atoms with van der Waals surface area (Å²) in [6, 6.07) is 9.62. The zero-order chi connectivity index (χ0) is 20.4. The Morgan fingerprint density at radius 2 is 2.07 bits per heavy atom. The van der Waals surface area contributed by atoms with Gasteiger partial charge in [-0.1, -0.05) is 12.1 Å². The second-order valence-corrected chi connectivity index (χ2v) is 8.81. The van der Waals surface area contributed by atoms with Gasteiger partial charge in [-0.15, -0.1) is 23.1 Å². The monoisotopic (exact) mass is 428 g/mol. The Morgan fingerprint density at radius 1 is 1.24 bits per heavy atom. The number of hydrogen-bond acceptors (Lipinski definition) is 6. The predicted molar refractivity (Wildman–Crippen MR) is 115 cm³/mol. The molecule has 2 amide bonds. The van der Waals surface area contributed by atoms with E-state index in [4.69, 9.17) is 0 Å². The lowest BCUT2D eigenvalue weighted by Gasteiger charge is -2.29. The lowest BCUT2D eigenvalue weighted by molar-refractivity contribution is -0.132. The second kappa shape index (κ2) is 8.38. The van der Waals surface area contributed by atoms with Crippen LogP contribution in [-0.4, -0.2) is 46.0 Å². The molecule has 0 aliphatic carbocycles. The number of fused-ring (bicyclic) bond motifs is 2. The number of H-pyrrole nitrogens is 1. The number of thiophene rings is 1. The van der Waals surface area contributed by atoms with Crippen LogP contribution >= 0.6 is 23.1 Å². The molecule has 0 atom stereocenters. The van der Waals surface area contributed by atoms with Gasteiger partial charge in [0.25, 0.3) is 5.56 Å². The maximum Gasteiger partial charge on any atom is 0.268 e. The van der Waals surface area contributed by atoms with Crippen molar-refractivity contribution in [2.24, 2.45) is 0 Å². The van der Waals surface area contributed by atoms with Crippen LogP contribution in [0.2, 0.25) is 0 Å². The van der Waals surface area contributed by atoms with Crippen molar-refractivity contribution >= 4 is 50.8 Å². The van der Waals surface area contributed by atoms with E-state index in [1.807, 2.05) is 29.6 Å². The molecule has 0 radical (unpaired) electrons. The van der Waals surface area contributed by atoms with E-state index in [1.165, 1.54) is 16.2 Å². The summed E-state index contributed by atoms with van der Waals surface area (Å²) in [7, 11) is 1.65. The van der Waals surface area contributed by atoms with Crippen molar-refractivity contribution in [3.8, 4) is 0 Å². The quantitative estimate of drug-likeness (QED) is 0.675. The van der Waals surface area contributed by atoms with Gasteiger partial charge in [0.1, 0.15) is 10.5 Å². The molecule has 1 N–H and O–H groups in total. The van der Waals surface area contributed by atoms with E-state index in [2.05, 4.69) is 9.97 Å². The average molecular weight is 429 g/mol. The molecule has 2 aromatic heterocycles. The highest BCUT2D eigenvalue weighted by Crippen LogP contribution is 2.34. The van der Waals surface area contributed by atoms with Gasteiger partial charge >= 0.3 is 0 Å². The minimum atomic E-state index is -0.197. The molecular formula is C20H20N4O3S2. The summed E-state index contributed by atoms with van der Waals surface area (Å²) in [6.45, 7) is 0.841. The number of rotatable bonds is 5. The molecule has 150 valence electrons.